The Kier molecular flexibility index (Phi) is 7.79. The van der Waals surface area contributed by atoms with Gasteiger partial charge in [-0.1, -0.05) is 0 Å². The van der Waals surface area contributed by atoms with E-state index in [9.17, 15) is 4.79 Å². The maximum absolute atomic E-state index is 13.3. The van der Waals surface area contributed by atoms with Gasteiger partial charge in [0.15, 0.2) is 0 Å². The van der Waals surface area contributed by atoms with Gasteiger partial charge in [0.2, 0.25) is 0 Å². The van der Waals surface area contributed by atoms with Crippen molar-refractivity contribution in [3.63, 3.8) is 0 Å². The summed E-state index contributed by atoms with van der Waals surface area (Å²) in [6.45, 7) is 13.7. The second-order valence-electron chi connectivity index (χ2n) is 9.16. The molecule has 2 aliphatic carbocycles. The molecule has 0 unspecified atom stereocenters. The Labute approximate surface area is 173 Å². The van der Waals surface area contributed by atoms with Gasteiger partial charge >= 0.3 is 173 Å². The molecule has 0 aromatic carbocycles. The fourth-order valence-corrected chi connectivity index (χ4v) is 10.1. The zero-order valence-electron chi connectivity index (χ0n) is 17.7. The van der Waals surface area contributed by atoms with Gasteiger partial charge in [0.05, 0.1) is 0 Å². The van der Waals surface area contributed by atoms with E-state index in [1.165, 1.54) is 32.1 Å². The van der Waals surface area contributed by atoms with E-state index in [0.717, 1.165) is 24.3 Å². The number of rotatable bonds is 10. The summed E-state index contributed by atoms with van der Waals surface area (Å²) in [6.07, 6.45) is 9.20. The van der Waals surface area contributed by atoms with Gasteiger partial charge in [-0.05, 0) is 0 Å². The molecule has 0 radical (unpaired) electrons. The molecule has 2 saturated carbocycles. The van der Waals surface area contributed by atoms with Gasteiger partial charge in [0, 0.05) is 0 Å². The number of hydrogen-bond acceptors (Lipinski definition) is 2. The van der Waals surface area contributed by atoms with Crippen LogP contribution in [0.15, 0.2) is 0 Å². The number of hydrogen-bond donors (Lipinski definition) is 1. The minimum absolute atomic E-state index is 0.0773. The van der Waals surface area contributed by atoms with Gasteiger partial charge in [-0.2, -0.15) is 0 Å². The molecule has 5 atom stereocenters. The first-order chi connectivity index (χ1) is 12.2. The molecule has 150 valence electrons. The minimum atomic E-state index is -0.0773. The summed E-state index contributed by atoms with van der Waals surface area (Å²) in [5.74, 6) is 1.19. The Morgan fingerprint density at radius 1 is 1.19 bits per heavy atom. The third-order valence-electron chi connectivity index (χ3n) is 7.24. The molecule has 1 N–H and O–H groups in total. The molecule has 0 aliphatic heterocycles. The molecule has 0 aromatic rings. The normalized spacial score (nSPS) is 31.8. The SMILES string of the molecule is CCCC(=S)N[C@H](CCC)[C@H](CCC)[Se][C@@H]1C(=O)[C@]2(C)CC[C@H]1C2(C)C. The van der Waals surface area contributed by atoms with Crippen LogP contribution in [0.2, 0.25) is 9.63 Å². The predicted octanol–water partition coefficient (Wildman–Crippen LogP) is 5.98. The summed E-state index contributed by atoms with van der Waals surface area (Å²) in [7, 11) is 0. The van der Waals surface area contributed by atoms with Crippen LogP contribution in [0.4, 0.5) is 0 Å². The summed E-state index contributed by atoms with van der Waals surface area (Å²) in [5, 5.41) is 3.70. The number of fused-ring (bicyclic) bond motifs is 2. The number of carbonyl (C=O) groups is 1. The summed E-state index contributed by atoms with van der Waals surface area (Å²) in [6, 6.07) is 0.460. The van der Waals surface area contributed by atoms with Gasteiger partial charge in [-0.25, -0.2) is 0 Å². The van der Waals surface area contributed by atoms with Crippen LogP contribution in [0.5, 0.6) is 0 Å². The first-order valence-electron chi connectivity index (χ1n) is 10.7. The van der Waals surface area contributed by atoms with Crippen molar-refractivity contribution >= 4 is 37.9 Å². The second-order valence-corrected chi connectivity index (χ2v) is 12.6. The molecule has 0 spiro atoms. The van der Waals surface area contributed by atoms with E-state index < -0.39 is 0 Å². The first-order valence-corrected chi connectivity index (χ1v) is 13.1. The van der Waals surface area contributed by atoms with Crippen LogP contribution in [0.25, 0.3) is 0 Å². The van der Waals surface area contributed by atoms with Crippen molar-refractivity contribution in [3.8, 4) is 0 Å². The van der Waals surface area contributed by atoms with Crippen LogP contribution in [0, 0.1) is 16.7 Å². The molecule has 2 fully saturated rings. The van der Waals surface area contributed by atoms with Crippen molar-refractivity contribution in [1.29, 1.82) is 0 Å². The first kappa shape index (κ1) is 22.4. The monoisotopic (exact) mass is 445 g/mol. The van der Waals surface area contributed by atoms with Gasteiger partial charge in [-0.3, -0.25) is 0 Å². The van der Waals surface area contributed by atoms with Gasteiger partial charge < -0.3 is 0 Å². The van der Waals surface area contributed by atoms with E-state index in [2.05, 4.69) is 46.9 Å². The van der Waals surface area contributed by atoms with Crippen LogP contribution >= 0.6 is 12.2 Å². The molecular weight excluding hydrogens is 405 g/mol. The molecular formula is C22H39NOSSe. The molecule has 0 aromatic heterocycles. The Morgan fingerprint density at radius 2 is 1.85 bits per heavy atom. The van der Waals surface area contributed by atoms with Crippen LogP contribution in [0.3, 0.4) is 0 Å². The van der Waals surface area contributed by atoms with E-state index in [-0.39, 0.29) is 10.8 Å². The third-order valence-corrected chi connectivity index (χ3v) is 11.2. The number of Topliss-reactive ketones (excluding diaryl/α,β-unsaturated/α-hetero) is 1. The second kappa shape index (κ2) is 9.05. The Morgan fingerprint density at radius 3 is 2.35 bits per heavy atom. The Balaban J connectivity index is 2.16. The van der Waals surface area contributed by atoms with E-state index >= 15 is 0 Å². The van der Waals surface area contributed by atoms with E-state index in [4.69, 9.17) is 12.2 Å². The third kappa shape index (κ3) is 4.08. The summed E-state index contributed by atoms with van der Waals surface area (Å²) >= 11 is 5.95. The van der Waals surface area contributed by atoms with Gasteiger partial charge in [-0.15, -0.1) is 0 Å². The van der Waals surface area contributed by atoms with Crippen LogP contribution < -0.4 is 5.32 Å². The average molecular weight is 445 g/mol. The standard InChI is InChI=1S/C22H39NOSSe/c1-7-10-16(23-18(25)12-9-3)17(11-8-2)26-19-15-13-14-22(6,20(19)24)21(15,4)5/h15-17,19H,7-14H2,1-6H3,(H,23,25)/t15-,16-,17+,19+,22+/m1/s1. The van der Waals surface area contributed by atoms with Crippen LogP contribution in [0.1, 0.15) is 92.9 Å². The maximum atomic E-state index is 13.3. The van der Waals surface area contributed by atoms with E-state index in [1.807, 2.05) is 0 Å². The van der Waals surface area contributed by atoms with Crippen molar-refractivity contribution in [1.82, 2.24) is 5.32 Å². The molecule has 2 rings (SSSR count). The van der Waals surface area contributed by atoms with E-state index in [1.54, 1.807) is 0 Å². The van der Waals surface area contributed by atoms with Crippen LogP contribution in [-0.4, -0.2) is 31.8 Å². The molecule has 2 bridgehead atoms. The molecule has 2 nitrogen and oxygen atoms in total. The Hall–Kier alpha value is 0.0795. The number of ketones is 1. The van der Waals surface area contributed by atoms with E-state index in [0.29, 0.717) is 42.3 Å². The van der Waals surface area contributed by atoms with Crippen LogP contribution in [-0.2, 0) is 4.79 Å². The van der Waals surface area contributed by atoms with Gasteiger partial charge in [0.1, 0.15) is 0 Å². The zero-order valence-corrected chi connectivity index (χ0v) is 20.2. The molecule has 26 heavy (non-hydrogen) atoms. The zero-order chi connectivity index (χ0) is 19.5. The topological polar surface area (TPSA) is 29.1 Å². The fraction of sp³-hybridized carbons (Fsp3) is 0.909. The van der Waals surface area contributed by atoms with Gasteiger partial charge in [0.25, 0.3) is 0 Å². The number of thiocarbonyl (C=S) groups is 1. The van der Waals surface area contributed by atoms with Crippen molar-refractivity contribution < 1.29 is 4.79 Å². The predicted molar refractivity (Wildman–Crippen MR) is 117 cm³/mol. The molecule has 0 amide bonds. The number of nitrogens with one attached hydrogen (secondary N) is 1. The fourth-order valence-electron chi connectivity index (χ4n) is 5.17. The van der Waals surface area contributed by atoms with Crippen molar-refractivity contribution in [2.24, 2.45) is 16.7 Å². The molecule has 0 saturated heterocycles. The van der Waals surface area contributed by atoms with Crippen molar-refractivity contribution in [2.75, 3.05) is 0 Å². The molecule has 2 aliphatic rings. The quantitative estimate of drug-likeness (QED) is 0.332. The average Bonchev–Trinajstić information content (AvgIpc) is 2.88. The van der Waals surface area contributed by atoms with Crippen molar-refractivity contribution in [2.45, 2.75) is 109 Å². The summed E-state index contributed by atoms with van der Waals surface area (Å²) < 4.78 is 0. The van der Waals surface area contributed by atoms with Crippen molar-refractivity contribution in [3.05, 3.63) is 0 Å². The molecule has 4 heteroatoms. The molecule has 0 heterocycles. The number of carbonyl (C=O) groups excluding carboxylic acids is 1. The Bertz CT molecular complexity index is 520. The summed E-state index contributed by atoms with van der Waals surface area (Å²) in [5.41, 5.74) is 0.102. The summed E-state index contributed by atoms with van der Waals surface area (Å²) in [4.78, 5) is 15.3.